The van der Waals surface area contributed by atoms with E-state index in [0.29, 0.717) is 12.8 Å². The zero-order chi connectivity index (χ0) is 32.1. The van der Waals surface area contributed by atoms with Gasteiger partial charge in [0.1, 0.15) is 23.2 Å². The molecule has 1 unspecified atom stereocenters. The minimum Gasteiger partial charge on any atom is -0.444 e. The Labute approximate surface area is 253 Å². The lowest BCUT2D eigenvalue weighted by molar-refractivity contribution is -0.142. The third kappa shape index (κ3) is 7.01. The van der Waals surface area contributed by atoms with E-state index in [0.717, 1.165) is 0 Å². The van der Waals surface area contributed by atoms with E-state index in [2.05, 4.69) is 15.4 Å². The number of aliphatic hydroxyl groups is 1. The summed E-state index contributed by atoms with van der Waals surface area (Å²) in [6.45, 7) is 12.1. The van der Waals surface area contributed by atoms with Crippen molar-refractivity contribution in [3.63, 3.8) is 0 Å². The predicted octanol–water partition coefficient (Wildman–Crippen LogP) is 0.962. The van der Waals surface area contributed by atoms with Crippen molar-refractivity contribution >= 4 is 33.8 Å². The monoisotopic (exact) mass is 626 g/mol. The highest BCUT2D eigenvalue weighted by Gasteiger charge is 2.64. The molecule has 0 bridgehead atoms. The van der Waals surface area contributed by atoms with Gasteiger partial charge in [0.2, 0.25) is 21.8 Å². The standard InChI is InChI=1S/C29H46N4O9S/c1-16-11-18(3)41-10-8-9-19-14-29(19,25(37)32-43(39,40)28(7)13-17(28)2)31-23(35)21-12-20(34)15-33(21)24(36)22(16)30-26(38)42-27(4,5)6/h8-9,16-22,34H,10-15H2,1-7H3,(H,30,38)(H,31,35)(H,32,37)/b9-8-/t16-,17+,18+,19+,20-,21+,22+,28?,29-/m1/s1. The van der Waals surface area contributed by atoms with Gasteiger partial charge >= 0.3 is 6.09 Å². The van der Waals surface area contributed by atoms with E-state index in [1.165, 1.54) is 4.90 Å². The molecule has 13 nitrogen and oxygen atoms in total. The molecule has 3 fully saturated rings. The van der Waals surface area contributed by atoms with Crippen LogP contribution < -0.4 is 15.4 Å². The van der Waals surface area contributed by atoms with Gasteiger partial charge in [0.25, 0.3) is 5.91 Å². The van der Waals surface area contributed by atoms with Crippen LogP contribution in [0, 0.1) is 17.8 Å². The number of rotatable bonds is 4. The van der Waals surface area contributed by atoms with Crippen LogP contribution in [0.5, 0.6) is 0 Å². The number of fused-ring (bicyclic) bond motifs is 2. The minimum absolute atomic E-state index is 0.0866. The Morgan fingerprint density at radius 3 is 2.42 bits per heavy atom. The first-order valence-electron chi connectivity index (χ1n) is 14.9. The van der Waals surface area contributed by atoms with E-state index in [-0.39, 0.29) is 38.0 Å². The summed E-state index contributed by atoms with van der Waals surface area (Å²) in [6.07, 6.45) is 2.18. The van der Waals surface area contributed by atoms with Crippen molar-refractivity contribution in [1.29, 1.82) is 0 Å². The summed E-state index contributed by atoms with van der Waals surface area (Å²) >= 11 is 0. The van der Waals surface area contributed by atoms with Crippen LogP contribution in [0.4, 0.5) is 4.79 Å². The predicted molar refractivity (Wildman–Crippen MR) is 156 cm³/mol. The van der Waals surface area contributed by atoms with Crippen molar-refractivity contribution in [2.24, 2.45) is 17.8 Å². The summed E-state index contributed by atoms with van der Waals surface area (Å²) in [6, 6.07) is -2.25. The van der Waals surface area contributed by atoms with Crippen LogP contribution in [0.3, 0.4) is 0 Å². The van der Waals surface area contributed by atoms with Gasteiger partial charge in [-0.3, -0.25) is 19.1 Å². The fourth-order valence-electron chi connectivity index (χ4n) is 6.07. The smallest absolute Gasteiger partial charge is 0.408 e. The molecule has 4 amide bonds. The van der Waals surface area contributed by atoms with E-state index < -0.39 is 79.7 Å². The number of carbonyl (C=O) groups is 4. The highest BCUT2D eigenvalue weighted by Crippen LogP contribution is 2.50. The number of amides is 4. The summed E-state index contributed by atoms with van der Waals surface area (Å²) in [5, 5.41) is 15.9. The molecule has 43 heavy (non-hydrogen) atoms. The van der Waals surface area contributed by atoms with Crippen LogP contribution in [0.1, 0.15) is 74.1 Å². The average molecular weight is 627 g/mol. The third-order valence-corrected chi connectivity index (χ3v) is 11.4. The lowest BCUT2D eigenvalue weighted by Gasteiger charge is -2.33. The van der Waals surface area contributed by atoms with E-state index in [4.69, 9.17) is 9.47 Å². The Balaban J connectivity index is 1.63. The number of alkyl carbamates (subject to hydrolysis) is 1. The topological polar surface area (TPSA) is 180 Å². The van der Waals surface area contributed by atoms with Crippen LogP contribution in [-0.2, 0) is 33.9 Å². The Morgan fingerprint density at radius 2 is 1.81 bits per heavy atom. The molecule has 242 valence electrons. The molecule has 4 aliphatic rings. The molecular formula is C29H46N4O9S. The van der Waals surface area contributed by atoms with E-state index >= 15 is 0 Å². The highest BCUT2D eigenvalue weighted by molar-refractivity contribution is 7.91. The fourth-order valence-corrected chi connectivity index (χ4v) is 7.73. The van der Waals surface area contributed by atoms with Crippen LogP contribution in [0.25, 0.3) is 0 Å². The van der Waals surface area contributed by atoms with Crippen molar-refractivity contribution in [3.05, 3.63) is 12.2 Å². The number of nitrogens with zero attached hydrogens (tertiary/aromatic N) is 1. The molecule has 0 aromatic carbocycles. The maximum absolute atomic E-state index is 14.0. The fraction of sp³-hybridized carbons (Fsp3) is 0.793. The van der Waals surface area contributed by atoms with Gasteiger partial charge in [-0.1, -0.05) is 26.0 Å². The van der Waals surface area contributed by atoms with Gasteiger partial charge in [-0.15, -0.1) is 0 Å². The Bertz CT molecular complexity index is 1280. The van der Waals surface area contributed by atoms with Gasteiger partial charge in [0.05, 0.1) is 23.6 Å². The summed E-state index contributed by atoms with van der Waals surface area (Å²) in [5.41, 5.74) is -2.37. The van der Waals surface area contributed by atoms with Crippen molar-refractivity contribution in [2.45, 2.75) is 114 Å². The number of aliphatic hydroxyl groups excluding tert-OH is 1. The van der Waals surface area contributed by atoms with Crippen LogP contribution in [-0.4, -0.2) is 95.6 Å². The lowest BCUT2D eigenvalue weighted by atomic mass is 9.94. The van der Waals surface area contributed by atoms with E-state index in [1.807, 2.05) is 6.92 Å². The molecule has 2 aliphatic heterocycles. The molecule has 0 radical (unpaired) electrons. The largest absolute Gasteiger partial charge is 0.444 e. The van der Waals surface area contributed by atoms with Gasteiger partial charge in [0, 0.05) is 18.9 Å². The van der Waals surface area contributed by atoms with Gasteiger partial charge in [-0.2, -0.15) is 0 Å². The molecule has 1 saturated heterocycles. The number of sulfonamides is 1. The zero-order valence-corrected chi connectivity index (χ0v) is 26.8. The van der Waals surface area contributed by atoms with Gasteiger partial charge < -0.3 is 30.1 Å². The lowest BCUT2D eigenvalue weighted by Crippen LogP contribution is -2.59. The quantitative estimate of drug-likeness (QED) is 0.331. The maximum Gasteiger partial charge on any atom is 0.408 e. The SMILES string of the molecule is C[C@@H]1C[C@H](C)OC/C=C\[C@H]2C[C@@]2(C(=O)NS(=O)(=O)C2(C)C[C@@H]2C)NC(=O)[C@@H]2C[C@@H](O)CN2C(=O)[C@H]1NC(=O)OC(C)(C)C. The molecule has 2 heterocycles. The second-order valence-electron chi connectivity index (χ2n) is 13.9. The van der Waals surface area contributed by atoms with Crippen LogP contribution in [0.15, 0.2) is 12.2 Å². The van der Waals surface area contributed by atoms with Gasteiger partial charge in [0.15, 0.2) is 0 Å². The minimum atomic E-state index is -4.02. The molecule has 14 heteroatoms. The number of nitrogens with one attached hydrogen (secondary N) is 3. The summed E-state index contributed by atoms with van der Waals surface area (Å²) in [5.74, 6) is -3.18. The Hall–Kier alpha value is -2.71. The molecule has 2 aliphatic carbocycles. The molecule has 4 rings (SSSR count). The zero-order valence-electron chi connectivity index (χ0n) is 26.0. The third-order valence-electron chi connectivity index (χ3n) is 9.12. The summed E-state index contributed by atoms with van der Waals surface area (Å²) in [4.78, 5) is 55.2. The summed E-state index contributed by atoms with van der Waals surface area (Å²) in [7, 11) is -4.02. The van der Waals surface area contributed by atoms with Gasteiger partial charge in [-0.05, 0) is 65.7 Å². The second kappa shape index (κ2) is 11.7. The molecule has 0 aromatic heterocycles. The first-order chi connectivity index (χ1) is 19.8. The first-order valence-corrected chi connectivity index (χ1v) is 16.4. The van der Waals surface area contributed by atoms with Crippen molar-refractivity contribution in [3.8, 4) is 0 Å². The Kier molecular flexibility index (Phi) is 9.00. The number of ether oxygens (including phenoxy) is 2. The van der Waals surface area contributed by atoms with E-state index in [9.17, 15) is 32.7 Å². The molecule has 4 N–H and O–H groups in total. The molecule has 9 atom stereocenters. The average Bonchev–Trinajstić information content (AvgIpc) is 3.68. The van der Waals surface area contributed by atoms with E-state index in [1.54, 1.807) is 53.7 Å². The highest BCUT2D eigenvalue weighted by atomic mass is 32.2. The summed E-state index contributed by atoms with van der Waals surface area (Å²) < 4.78 is 38.5. The molecular weight excluding hydrogens is 580 g/mol. The van der Waals surface area contributed by atoms with Crippen molar-refractivity contribution in [1.82, 2.24) is 20.3 Å². The number of carbonyl (C=O) groups excluding carboxylic acids is 4. The van der Waals surface area contributed by atoms with Crippen molar-refractivity contribution < 1.29 is 42.2 Å². The first kappa shape index (κ1) is 33.2. The van der Waals surface area contributed by atoms with Crippen LogP contribution in [0.2, 0.25) is 0 Å². The molecule has 2 saturated carbocycles. The molecule has 0 spiro atoms. The maximum atomic E-state index is 14.0. The van der Waals surface area contributed by atoms with Crippen molar-refractivity contribution in [2.75, 3.05) is 13.2 Å². The number of hydrogen-bond acceptors (Lipinski definition) is 9. The normalized spacial score (nSPS) is 39.3. The van der Waals surface area contributed by atoms with Crippen LogP contribution >= 0.6 is 0 Å². The second-order valence-corrected chi connectivity index (χ2v) is 16.1. The number of hydrogen-bond donors (Lipinski definition) is 4. The Morgan fingerprint density at radius 1 is 1.16 bits per heavy atom. The molecule has 0 aromatic rings. The van der Waals surface area contributed by atoms with Gasteiger partial charge in [-0.25, -0.2) is 13.2 Å².